The molecule has 7 heteroatoms. The van der Waals surface area contributed by atoms with Gasteiger partial charge in [0.15, 0.2) is 0 Å². The first kappa shape index (κ1) is 16.2. The fourth-order valence-electron chi connectivity index (χ4n) is 2.61. The average molecular weight is 304 g/mol. The molecule has 2 rings (SSSR count). The standard InChI is InChI=1S/C15H24N6O/c1-5-14-12(3)19-21(13(14)4)7-6-17-15(22)11(2)8-20-10-16-9-18-20/h9-11H,5-8H2,1-4H3,(H,17,22)/t11-/m1/s1. The highest BCUT2D eigenvalue weighted by atomic mass is 16.1. The Balaban J connectivity index is 1.82. The summed E-state index contributed by atoms with van der Waals surface area (Å²) in [7, 11) is 0. The predicted molar refractivity (Wildman–Crippen MR) is 83.3 cm³/mol. The first-order valence-electron chi connectivity index (χ1n) is 7.66. The third-order valence-electron chi connectivity index (χ3n) is 3.88. The van der Waals surface area contributed by atoms with Gasteiger partial charge < -0.3 is 5.32 Å². The molecule has 0 aliphatic heterocycles. The number of carbonyl (C=O) groups excluding carboxylic acids is 1. The molecular formula is C15H24N6O. The number of nitrogens with one attached hydrogen (secondary N) is 1. The molecule has 2 aromatic heterocycles. The van der Waals surface area contributed by atoms with E-state index in [2.05, 4.69) is 34.3 Å². The second-order valence-corrected chi connectivity index (χ2v) is 5.54. The van der Waals surface area contributed by atoms with E-state index in [0.29, 0.717) is 19.6 Å². The van der Waals surface area contributed by atoms with Crippen molar-refractivity contribution in [3.05, 3.63) is 29.6 Å². The van der Waals surface area contributed by atoms with Gasteiger partial charge in [0.05, 0.1) is 24.7 Å². The number of aromatic nitrogens is 5. The van der Waals surface area contributed by atoms with E-state index in [9.17, 15) is 4.79 Å². The van der Waals surface area contributed by atoms with Crippen LogP contribution in [0.4, 0.5) is 0 Å². The van der Waals surface area contributed by atoms with Crippen LogP contribution >= 0.6 is 0 Å². The lowest BCUT2D eigenvalue weighted by Crippen LogP contribution is -2.34. The molecule has 2 heterocycles. The zero-order chi connectivity index (χ0) is 16.1. The molecule has 1 amide bonds. The zero-order valence-corrected chi connectivity index (χ0v) is 13.7. The lowest BCUT2D eigenvalue weighted by atomic mass is 10.1. The van der Waals surface area contributed by atoms with Crippen LogP contribution in [0.25, 0.3) is 0 Å². The van der Waals surface area contributed by atoms with Crippen LogP contribution in [0, 0.1) is 19.8 Å². The number of hydrogen-bond donors (Lipinski definition) is 1. The predicted octanol–water partition coefficient (Wildman–Crippen LogP) is 1.11. The van der Waals surface area contributed by atoms with Gasteiger partial charge in [0.1, 0.15) is 12.7 Å². The van der Waals surface area contributed by atoms with Crippen molar-refractivity contribution < 1.29 is 4.79 Å². The van der Waals surface area contributed by atoms with Crippen molar-refractivity contribution in [3.63, 3.8) is 0 Å². The summed E-state index contributed by atoms with van der Waals surface area (Å²) in [6.45, 7) is 9.92. The second-order valence-electron chi connectivity index (χ2n) is 5.54. The lowest BCUT2D eigenvalue weighted by molar-refractivity contribution is -0.125. The summed E-state index contributed by atoms with van der Waals surface area (Å²) in [5, 5.41) is 11.5. The van der Waals surface area contributed by atoms with Gasteiger partial charge in [-0.1, -0.05) is 13.8 Å². The van der Waals surface area contributed by atoms with Gasteiger partial charge in [-0.3, -0.25) is 14.2 Å². The summed E-state index contributed by atoms with van der Waals surface area (Å²) < 4.78 is 3.63. The van der Waals surface area contributed by atoms with Gasteiger partial charge in [0, 0.05) is 12.2 Å². The third kappa shape index (κ3) is 3.72. The van der Waals surface area contributed by atoms with Crippen LogP contribution < -0.4 is 5.32 Å². The smallest absolute Gasteiger partial charge is 0.224 e. The molecule has 0 aliphatic carbocycles. The van der Waals surface area contributed by atoms with Gasteiger partial charge in [-0.2, -0.15) is 10.2 Å². The van der Waals surface area contributed by atoms with E-state index in [-0.39, 0.29) is 11.8 Å². The quantitative estimate of drug-likeness (QED) is 0.831. The van der Waals surface area contributed by atoms with Crippen molar-refractivity contribution in [2.75, 3.05) is 6.54 Å². The Morgan fingerprint density at radius 2 is 2.18 bits per heavy atom. The van der Waals surface area contributed by atoms with Gasteiger partial charge >= 0.3 is 0 Å². The van der Waals surface area contributed by atoms with Gasteiger partial charge in [-0.25, -0.2) is 4.98 Å². The van der Waals surface area contributed by atoms with E-state index in [0.717, 1.165) is 12.1 Å². The molecule has 22 heavy (non-hydrogen) atoms. The molecule has 0 saturated heterocycles. The van der Waals surface area contributed by atoms with Crippen molar-refractivity contribution in [1.29, 1.82) is 0 Å². The lowest BCUT2D eigenvalue weighted by Gasteiger charge is -2.12. The molecule has 1 atom stereocenters. The van der Waals surface area contributed by atoms with Crippen LogP contribution in [0.2, 0.25) is 0 Å². The molecular weight excluding hydrogens is 280 g/mol. The fraction of sp³-hybridized carbons (Fsp3) is 0.600. The summed E-state index contributed by atoms with van der Waals surface area (Å²) >= 11 is 0. The minimum atomic E-state index is -0.145. The van der Waals surface area contributed by atoms with E-state index in [4.69, 9.17) is 0 Å². The maximum atomic E-state index is 12.1. The Morgan fingerprint density at radius 1 is 1.41 bits per heavy atom. The van der Waals surface area contributed by atoms with Crippen LogP contribution in [-0.2, 0) is 24.3 Å². The van der Waals surface area contributed by atoms with E-state index in [1.165, 1.54) is 17.6 Å². The Morgan fingerprint density at radius 3 is 2.77 bits per heavy atom. The molecule has 0 spiro atoms. The van der Waals surface area contributed by atoms with Gasteiger partial charge in [-0.05, 0) is 25.8 Å². The molecule has 2 aromatic rings. The summed E-state index contributed by atoms with van der Waals surface area (Å²) in [6, 6.07) is 0. The first-order chi connectivity index (χ1) is 10.5. The minimum absolute atomic E-state index is 0.0211. The Bertz CT molecular complexity index is 616. The van der Waals surface area contributed by atoms with Crippen molar-refractivity contribution in [1.82, 2.24) is 29.9 Å². The highest BCUT2D eigenvalue weighted by Crippen LogP contribution is 2.13. The van der Waals surface area contributed by atoms with Crippen LogP contribution in [0.1, 0.15) is 30.8 Å². The minimum Gasteiger partial charge on any atom is -0.354 e. The van der Waals surface area contributed by atoms with E-state index in [1.807, 2.05) is 18.5 Å². The van der Waals surface area contributed by atoms with Crippen LogP contribution in [0.3, 0.4) is 0 Å². The number of rotatable bonds is 7. The van der Waals surface area contributed by atoms with E-state index in [1.54, 1.807) is 11.0 Å². The molecule has 120 valence electrons. The number of carbonyl (C=O) groups is 1. The third-order valence-corrected chi connectivity index (χ3v) is 3.88. The number of aryl methyl sites for hydroxylation is 1. The zero-order valence-electron chi connectivity index (χ0n) is 13.7. The molecule has 0 aliphatic rings. The fourth-order valence-corrected chi connectivity index (χ4v) is 2.61. The molecule has 1 N–H and O–H groups in total. The SMILES string of the molecule is CCc1c(C)nn(CCNC(=O)[C@H](C)Cn2cncn2)c1C. The van der Waals surface area contributed by atoms with Gasteiger partial charge in [0.2, 0.25) is 5.91 Å². The monoisotopic (exact) mass is 304 g/mol. The second kappa shape index (κ2) is 7.20. The molecule has 0 aromatic carbocycles. The van der Waals surface area contributed by atoms with Crippen molar-refractivity contribution in [3.8, 4) is 0 Å². The number of hydrogen-bond acceptors (Lipinski definition) is 4. The van der Waals surface area contributed by atoms with Crippen molar-refractivity contribution in [2.45, 2.75) is 47.2 Å². The normalized spacial score (nSPS) is 12.4. The van der Waals surface area contributed by atoms with Crippen molar-refractivity contribution in [2.24, 2.45) is 5.92 Å². The Hall–Kier alpha value is -2.18. The Kier molecular flexibility index (Phi) is 5.30. The maximum Gasteiger partial charge on any atom is 0.224 e. The van der Waals surface area contributed by atoms with Gasteiger partial charge in [0.25, 0.3) is 0 Å². The molecule has 0 unspecified atom stereocenters. The largest absolute Gasteiger partial charge is 0.354 e. The van der Waals surface area contributed by atoms with Gasteiger partial charge in [-0.15, -0.1) is 0 Å². The Labute approximate surface area is 130 Å². The molecule has 0 bridgehead atoms. The number of amides is 1. The van der Waals surface area contributed by atoms with E-state index < -0.39 is 0 Å². The molecule has 0 saturated carbocycles. The first-order valence-corrected chi connectivity index (χ1v) is 7.66. The highest BCUT2D eigenvalue weighted by Gasteiger charge is 2.14. The summed E-state index contributed by atoms with van der Waals surface area (Å²) in [5.74, 6) is -0.124. The highest BCUT2D eigenvalue weighted by molar-refractivity contribution is 5.78. The van der Waals surface area contributed by atoms with Crippen LogP contribution in [0.15, 0.2) is 12.7 Å². The van der Waals surface area contributed by atoms with Crippen molar-refractivity contribution >= 4 is 5.91 Å². The molecule has 7 nitrogen and oxygen atoms in total. The molecule has 0 fully saturated rings. The van der Waals surface area contributed by atoms with Crippen LogP contribution in [-0.4, -0.2) is 37.0 Å². The van der Waals surface area contributed by atoms with E-state index >= 15 is 0 Å². The topological polar surface area (TPSA) is 77.6 Å². The number of nitrogens with zero attached hydrogens (tertiary/aromatic N) is 5. The average Bonchev–Trinajstić information content (AvgIpc) is 3.07. The summed E-state index contributed by atoms with van der Waals surface area (Å²) in [4.78, 5) is 15.9. The summed E-state index contributed by atoms with van der Waals surface area (Å²) in [5.41, 5.74) is 3.56. The summed E-state index contributed by atoms with van der Waals surface area (Å²) in [6.07, 6.45) is 4.07. The van der Waals surface area contributed by atoms with Crippen LogP contribution in [0.5, 0.6) is 0 Å². The molecule has 0 radical (unpaired) electrons. The maximum absolute atomic E-state index is 12.1.